The fraction of sp³-hybridized carbons (Fsp3) is 0.188. The van der Waals surface area contributed by atoms with E-state index in [4.69, 9.17) is 4.98 Å². The summed E-state index contributed by atoms with van der Waals surface area (Å²) in [5, 5.41) is 9.66. The largest absolute Gasteiger partial charge is 0.508 e. The number of imidazole rings is 1. The Labute approximate surface area is 111 Å². The van der Waals surface area contributed by atoms with Crippen molar-refractivity contribution in [3.8, 4) is 17.1 Å². The molecule has 2 aromatic carbocycles. The first-order valence-corrected chi connectivity index (χ1v) is 6.59. The lowest BCUT2D eigenvalue weighted by Crippen LogP contribution is -1.97. The molecule has 0 atom stereocenters. The highest BCUT2D eigenvalue weighted by Crippen LogP contribution is 2.41. The Bertz CT molecular complexity index is 756. The zero-order chi connectivity index (χ0) is 12.8. The van der Waals surface area contributed by atoms with Crippen molar-refractivity contribution in [1.82, 2.24) is 9.55 Å². The number of phenols is 1. The van der Waals surface area contributed by atoms with Gasteiger partial charge in [0.25, 0.3) is 0 Å². The standard InChI is InChI=1S/C16H14N2O/c19-13-5-3-4-11(10-13)16-17-14-6-1-2-7-15(14)18(16)12-8-9-12/h1-7,10,12,19H,8-9H2. The first kappa shape index (κ1) is 10.6. The second-order valence-corrected chi connectivity index (χ2v) is 5.08. The quantitative estimate of drug-likeness (QED) is 0.752. The van der Waals surface area contributed by atoms with Crippen LogP contribution in [0.15, 0.2) is 48.5 Å². The SMILES string of the molecule is Oc1cccc(-c2nc3ccccc3n2C2CC2)c1. The van der Waals surface area contributed by atoms with E-state index in [0.717, 1.165) is 16.9 Å². The van der Waals surface area contributed by atoms with Crippen molar-refractivity contribution >= 4 is 11.0 Å². The number of nitrogens with zero attached hydrogens (tertiary/aromatic N) is 2. The molecule has 0 amide bonds. The maximum Gasteiger partial charge on any atom is 0.141 e. The number of hydrogen-bond acceptors (Lipinski definition) is 2. The first-order valence-electron chi connectivity index (χ1n) is 6.59. The minimum Gasteiger partial charge on any atom is -0.508 e. The first-order chi connectivity index (χ1) is 9.33. The summed E-state index contributed by atoms with van der Waals surface area (Å²) in [5.74, 6) is 1.24. The predicted octanol–water partition coefficient (Wildman–Crippen LogP) is 3.74. The molecule has 3 heteroatoms. The molecule has 0 bridgehead atoms. The van der Waals surface area contributed by atoms with Gasteiger partial charge in [0.15, 0.2) is 0 Å². The third kappa shape index (κ3) is 1.70. The van der Waals surface area contributed by atoms with Crippen LogP contribution < -0.4 is 0 Å². The molecule has 3 aromatic rings. The van der Waals surface area contributed by atoms with Crippen LogP contribution in [-0.4, -0.2) is 14.7 Å². The molecule has 0 radical (unpaired) electrons. The molecule has 1 N–H and O–H groups in total. The van der Waals surface area contributed by atoms with E-state index in [1.807, 2.05) is 24.3 Å². The number of hydrogen-bond donors (Lipinski definition) is 1. The van der Waals surface area contributed by atoms with Crippen molar-refractivity contribution < 1.29 is 5.11 Å². The van der Waals surface area contributed by atoms with E-state index in [9.17, 15) is 5.11 Å². The van der Waals surface area contributed by atoms with Crippen molar-refractivity contribution in [3.05, 3.63) is 48.5 Å². The molecule has 0 aliphatic heterocycles. The lowest BCUT2D eigenvalue weighted by Gasteiger charge is -2.07. The smallest absolute Gasteiger partial charge is 0.141 e. The maximum atomic E-state index is 9.66. The van der Waals surface area contributed by atoms with Gasteiger partial charge in [0.2, 0.25) is 0 Å². The van der Waals surface area contributed by atoms with Crippen molar-refractivity contribution in [3.63, 3.8) is 0 Å². The molecule has 1 aliphatic rings. The Hall–Kier alpha value is -2.29. The summed E-state index contributed by atoms with van der Waals surface area (Å²) in [6, 6.07) is 16.1. The molecule has 3 nitrogen and oxygen atoms in total. The molecule has 0 spiro atoms. The second kappa shape index (κ2) is 3.85. The van der Waals surface area contributed by atoms with Gasteiger partial charge in [0, 0.05) is 11.6 Å². The molecule has 4 rings (SSSR count). The molecule has 0 unspecified atom stereocenters. The van der Waals surface area contributed by atoms with Gasteiger partial charge in [-0.05, 0) is 37.1 Å². The predicted molar refractivity (Wildman–Crippen MR) is 75.1 cm³/mol. The van der Waals surface area contributed by atoms with Gasteiger partial charge in [-0.2, -0.15) is 0 Å². The lowest BCUT2D eigenvalue weighted by atomic mass is 10.2. The van der Waals surface area contributed by atoms with Crippen LogP contribution in [0.1, 0.15) is 18.9 Å². The summed E-state index contributed by atoms with van der Waals surface area (Å²) in [4.78, 5) is 4.74. The second-order valence-electron chi connectivity index (χ2n) is 5.08. The number of fused-ring (bicyclic) bond motifs is 1. The van der Waals surface area contributed by atoms with E-state index in [1.165, 1.54) is 18.4 Å². The van der Waals surface area contributed by atoms with E-state index in [-0.39, 0.29) is 5.75 Å². The maximum absolute atomic E-state index is 9.66. The highest BCUT2D eigenvalue weighted by molar-refractivity contribution is 5.81. The van der Waals surface area contributed by atoms with Crippen LogP contribution >= 0.6 is 0 Å². The average molecular weight is 250 g/mol. The van der Waals surface area contributed by atoms with Gasteiger partial charge in [-0.1, -0.05) is 24.3 Å². The third-order valence-electron chi connectivity index (χ3n) is 3.61. The van der Waals surface area contributed by atoms with Gasteiger partial charge < -0.3 is 9.67 Å². The van der Waals surface area contributed by atoms with E-state index in [2.05, 4.69) is 16.7 Å². The van der Waals surface area contributed by atoms with Crippen molar-refractivity contribution in [2.75, 3.05) is 0 Å². The van der Waals surface area contributed by atoms with Crippen LogP contribution in [0.5, 0.6) is 5.75 Å². The van der Waals surface area contributed by atoms with Crippen LogP contribution in [0.3, 0.4) is 0 Å². The van der Waals surface area contributed by atoms with Gasteiger partial charge in [-0.3, -0.25) is 0 Å². The summed E-state index contributed by atoms with van der Waals surface area (Å²) in [7, 11) is 0. The zero-order valence-corrected chi connectivity index (χ0v) is 10.5. The number of aromatic hydroxyl groups is 1. The minimum atomic E-state index is 0.284. The van der Waals surface area contributed by atoms with Crippen LogP contribution in [0.2, 0.25) is 0 Å². The summed E-state index contributed by atoms with van der Waals surface area (Å²) < 4.78 is 2.31. The van der Waals surface area contributed by atoms with Gasteiger partial charge in [0.1, 0.15) is 11.6 Å². The van der Waals surface area contributed by atoms with Gasteiger partial charge in [0.05, 0.1) is 11.0 Å². The third-order valence-corrected chi connectivity index (χ3v) is 3.61. The molecule has 94 valence electrons. The highest BCUT2D eigenvalue weighted by atomic mass is 16.3. The molecular weight excluding hydrogens is 236 g/mol. The highest BCUT2D eigenvalue weighted by Gasteiger charge is 2.28. The van der Waals surface area contributed by atoms with E-state index in [1.54, 1.807) is 12.1 Å². The van der Waals surface area contributed by atoms with Gasteiger partial charge in [-0.15, -0.1) is 0 Å². The molecule has 1 heterocycles. The molecular formula is C16H14N2O. The van der Waals surface area contributed by atoms with Crippen LogP contribution in [-0.2, 0) is 0 Å². The van der Waals surface area contributed by atoms with E-state index in [0.29, 0.717) is 6.04 Å². The Morgan fingerprint density at radius 1 is 1.05 bits per heavy atom. The fourth-order valence-corrected chi connectivity index (χ4v) is 2.60. The van der Waals surface area contributed by atoms with E-state index < -0.39 is 0 Å². The molecule has 1 saturated carbocycles. The number of rotatable bonds is 2. The van der Waals surface area contributed by atoms with Crippen molar-refractivity contribution in [2.45, 2.75) is 18.9 Å². The number of para-hydroxylation sites is 2. The summed E-state index contributed by atoms with van der Waals surface area (Å²) in [5.41, 5.74) is 3.18. The van der Waals surface area contributed by atoms with Crippen molar-refractivity contribution in [1.29, 1.82) is 0 Å². The summed E-state index contributed by atoms with van der Waals surface area (Å²) >= 11 is 0. The van der Waals surface area contributed by atoms with Crippen LogP contribution in [0.4, 0.5) is 0 Å². The molecule has 0 saturated heterocycles. The van der Waals surface area contributed by atoms with Gasteiger partial charge >= 0.3 is 0 Å². The van der Waals surface area contributed by atoms with E-state index >= 15 is 0 Å². The zero-order valence-electron chi connectivity index (χ0n) is 10.5. The van der Waals surface area contributed by atoms with Crippen LogP contribution in [0.25, 0.3) is 22.4 Å². The Kier molecular flexibility index (Phi) is 2.15. The fourth-order valence-electron chi connectivity index (χ4n) is 2.60. The number of aromatic nitrogens is 2. The number of benzene rings is 2. The topological polar surface area (TPSA) is 38.1 Å². The molecule has 1 aromatic heterocycles. The van der Waals surface area contributed by atoms with Gasteiger partial charge in [-0.25, -0.2) is 4.98 Å². The summed E-state index contributed by atoms with van der Waals surface area (Å²) in [6.45, 7) is 0. The Morgan fingerprint density at radius 2 is 1.89 bits per heavy atom. The lowest BCUT2D eigenvalue weighted by molar-refractivity contribution is 0.475. The Morgan fingerprint density at radius 3 is 2.68 bits per heavy atom. The molecule has 19 heavy (non-hydrogen) atoms. The average Bonchev–Trinajstić information content (AvgIpc) is 3.18. The molecule has 1 aliphatic carbocycles. The summed E-state index contributed by atoms with van der Waals surface area (Å²) in [6.07, 6.45) is 2.43. The van der Waals surface area contributed by atoms with Crippen molar-refractivity contribution in [2.24, 2.45) is 0 Å². The minimum absolute atomic E-state index is 0.284. The molecule has 1 fully saturated rings. The monoisotopic (exact) mass is 250 g/mol. The normalized spacial score (nSPS) is 14.9. The number of phenolic OH excluding ortho intramolecular Hbond substituents is 1. The van der Waals surface area contributed by atoms with Crippen LogP contribution in [0, 0.1) is 0 Å². The Balaban J connectivity index is 2.00.